The zero-order valence-electron chi connectivity index (χ0n) is 22.7. The van der Waals surface area contributed by atoms with Crippen LogP contribution in [0.4, 0.5) is 13.2 Å². The van der Waals surface area contributed by atoms with E-state index in [1.54, 1.807) is 13.0 Å². The molecular weight excluding hydrogens is 469 g/mol. The monoisotopic (exact) mass is 512 g/mol. The fourth-order valence-corrected chi connectivity index (χ4v) is 6.29. The van der Waals surface area contributed by atoms with Crippen LogP contribution >= 0.6 is 0 Å². The molecule has 0 bridgehead atoms. The summed E-state index contributed by atoms with van der Waals surface area (Å²) in [6.07, 6.45) is 11.1. The van der Waals surface area contributed by atoms with Crippen LogP contribution in [-0.2, 0) is 10.8 Å². The van der Waals surface area contributed by atoms with E-state index < -0.39 is 23.6 Å². The van der Waals surface area contributed by atoms with Crippen molar-refractivity contribution in [2.24, 2.45) is 11.8 Å². The summed E-state index contributed by atoms with van der Waals surface area (Å²) in [4.78, 5) is 0. The second-order valence-corrected chi connectivity index (χ2v) is 11.5. The maximum Gasteiger partial charge on any atom is 0.386 e. The normalized spacial score (nSPS) is 25.9. The van der Waals surface area contributed by atoms with Crippen LogP contribution in [0.2, 0.25) is 0 Å². The molecule has 0 aliphatic heterocycles. The van der Waals surface area contributed by atoms with Crippen LogP contribution in [0.15, 0.2) is 54.6 Å². The van der Waals surface area contributed by atoms with E-state index in [4.69, 9.17) is 4.74 Å². The molecule has 202 valence electrons. The third-order valence-electron chi connectivity index (χ3n) is 8.82. The van der Waals surface area contributed by atoms with Crippen molar-refractivity contribution in [2.75, 3.05) is 0 Å². The summed E-state index contributed by atoms with van der Waals surface area (Å²) in [6.45, 7) is 5.94. The van der Waals surface area contributed by atoms with E-state index in [0.29, 0.717) is 17.4 Å². The van der Waals surface area contributed by atoms with Gasteiger partial charge in [0.2, 0.25) is 0 Å². The number of alkyl halides is 2. The molecule has 4 rings (SSSR count). The number of benzene rings is 2. The minimum atomic E-state index is -3.70. The lowest BCUT2D eigenvalue weighted by Crippen LogP contribution is -2.22. The Morgan fingerprint density at radius 2 is 1.49 bits per heavy atom. The average molecular weight is 513 g/mol. The van der Waals surface area contributed by atoms with E-state index in [2.05, 4.69) is 19.1 Å². The number of allylic oxidation sites excluding steroid dienone is 2. The van der Waals surface area contributed by atoms with E-state index in [1.807, 2.05) is 31.2 Å². The highest BCUT2D eigenvalue weighted by Crippen LogP contribution is 2.41. The Bertz CT molecular complexity index is 1010. The van der Waals surface area contributed by atoms with E-state index in [1.165, 1.54) is 49.8 Å². The second kappa shape index (κ2) is 12.7. The van der Waals surface area contributed by atoms with Gasteiger partial charge in [0.15, 0.2) is 0 Å². The lowest BCUT2D eigenvalue weighted by atomic mass is 9.77. The molecule has 2 aliphatic rings. The van der Waals surface area contributed by atoms with Gasteiger partial charge in [-0.3, -0.25) is 0 Å². The molecular formula is C33H43F3O. The summed E-state index contributed by atoms with van der Waals surface area (Å²) in [7, 11) is 0. The van der Waals surface area contributed by atoms with Crippen molar-refractivity contribution in [1.29, 1.82) is 0 Å². The van der Waals surface area contributed by atoms with Crippen molar-refractivity contribution in [3.05, 3.63) is 82.7 Å². The molecule has 1 unspecified atom stereocenters. The van der Waals surface area contributed by atoms with Crippen molar-refractivity contribution < 1.29 is 17.9 Å². The highest BCUT2D eigenvalue weighted by atomic mass is 19.3. The number of ether oxygens (including phenoxy) is 1. The highest BCUT2D eigenvalue weighted by molar-refractivity contribution is 5.30. The number of rotatable bonds is 9. The molecule has 0 saturated heterocycles. The molecule has 37 heavy (non-hydrogen) atoms. The smallest absolute Gasteiger partial charge is 0.309 e. The highest BCUT2D eigenvalue weighted by Gasteiger charge is 2.38. The van der Waals surface area contributed by atoms with Gasteiger partial charge < -0.3 is 4.74 Å². The second-order valence-electron chi connectivity index (χ2n) is 11.5. The summed E-state index contributed by atoms with van der Waals surface area (Å²) in [5.41, 5.74) is 2.08. The molecule has 2 aromatic rings. The van der Waals surface area contributed by atoms with Crippen LogP contribution in [-0.4, -0.2) is 0 Å². The topological polar surface area (TPSA) is 9.23 Å². The minimum absolute atomic E-state index is 0.237. The Kier molecular flexibility index (Phi) is 9.56. The van der Waals surface area contributed by atoms with Crippen molar-refractivity contribution in [3.8, 4) is 0 Å². The van der Waals surface area contributed by atoms with Gasteiger partial charge >= 0.3 is 6.11 Å². The summed E-state index contributed by atoms with van der Waals surface area (Å²) < 4.78 is 50.2. The summed E-state index contributed by atoms with van der Waals surface area (Å²) >= 11 is 0. The zero-order chi connectivity index (χ0) is 26.4. The Morgan fingerprint density at radius 3 is 2.11 bits per heavy atom. The molecule has 1 nitrogen and oxygen atoms in total. The zero-order valence-corrected chi connectivity index (χ0v) is 22.7. The predicted octanol–water partition coefficient (Wildman–Crippen LogP) is 10.6. The van der Waals surface area contributed by atoms with Crippen LogP contribution in [0.3, 0.4) is 0 Å². The maximum absolute atomic E-state index is 15.1. The van der Waals surface area contributed by atoms with E-state index in [9.17, 15) is 4.39 Å². The van der Waals surface area contributed by atoms with Gasteiger partial charge in [-0.15, -0.1) is 0 Å². The van der Waals surface area contributed by atoms with Gasteiger partial charge in [0.05, 0.1) is 11.7 Å². The van der Waals surface area contributed by atoms with Crippen LogP contribution < -0.4 is 0 Å². The molecule has 0 heterocycles. The maximum atomic E-state index is 15.1. The molecule has 0 N–H and O–H groups in total. The molecule has 2 aliphatic carbocycles. The van der Waals surface area contributed by atoms with Crippen molar-refractivity contribution >= 4 is 0 Å². The van der Waals surface area contributed by atoms with E-state index in [-0.39, 0.29) is 5.92 Å². The first-order chi connectivity index (χ1) is 17.8. The standard InChI is InChI=1S/C33H43F3O/c1-4-5-6-7-25-10-14-29(15-11-25)30-20-21-31(32(34)22-30)33(35,36)37-24(3)26-16-18-28(19-17-26)27-12-8-23(2)9-13-27/h4-5,16-25,27,29H,6-15H2,1-3H3/b5-4+. The molecule has 0 amide bonds. The summed E-state index contributed by atoms with van der Waals surface area (Å²) in [5.74, 6) is 1.39. The SMILES string of the molecule is C/C=C/CCC1CCC(c2ccc(C(F)(F)OC(C)c3ccc(C4CCC(C)CC4)cc3)c(F)c2)CC1. The molecule has 1 atom stereocenters. The third kappa shape index (κ3) is 7.28. The van der Waals surface area contributed by atoms with Crippen molar-refractivity contribution in [1.82, 2.24) is 0 Å². The molecule has 2 fully saturated rings. The number of hydrogen-bond acceptors (Lipinski definition) is 1. The summed E-state index contributed by atoms with van der Waals surface area (Å²) in [5, 5.41) is 0. The van der Waals surface area contributed by atoms with E-state index >= 15 is 8.78 Å². The van der Waals surface area contributed by atoms with Gasteiger partial charge in [0, 0.05) is 0 Å². The Hall–Kier alpha value is -2.07. The Balaban J connectivity index is 1.35. The largest absolute Gasteiger partial charge is 0.386 e. The van der Waals surface area contributed by atoms with Gasteiger partial charge in [0.25, 0.3) is 0 Å². The first kappa shape index (κ1) is 28.0. The summed E-state index contributed by atoms with van der Waals surface area (Å²) in [6, 6.07) is 12.0. The van der Waals surface area contributed by atoms with Crippen LogP contribution in [0.5, 0.6) is 0 Å². The molecule has 2 aromatic carbocycles. The molecule has 0 spiro atoms. The van der Waals surface area contributed by atoms with Gasteiger partial charge in [-0.1, -0.05) is 62.2 Å². The third-order valence-corrected chi connectivity index (χ3v) is 8.82. The van der Waals surface area contributed by atoms with Gasteiger partial charge in [-0.2, -0.15) is 8.78 Å². The number of hydrogen-bond donors (Lipinski definition) is 0. The van der Waals surface area contributed by atoms with Gasteiger partial charge in [0.1, 0.15) is 5.82 Å². The fourth-order valence-electron chi connectivity index (χ4n) is 6.29. The van der Waals surface area contributed by atoms with Crippen molar-refractivity contribution in [3.63, 3.8) is 0 Å². The molecule has 4 heteroatoms. The first-order valence-electron chi connectivity index (χ1n) is 14.3. The van der Waals surface area contributed by atoms with Crippen molar-refractivity contribution in [2.45, 2.75) is 109 Å². The lowest BCUT2D eigenvalue weighted by Gasteiger charge is -2.29. The fraction of sp³-hybridized carbons (Fsp3) is 0.576. The lowest BCUT2D eigenvalue weighted by molar-refractivity contribution is -0.273. The minimum Gasteiger partial charge on any atom is -0.309 e. The van der Waals surface area contributed by atoms with Crippen LogP contribution in [0.1, 0.15) is 125 Å². The first-order valence-corrected chi connectivity index (χ1v) is 14.3. The quantitative estimate of drug-likeness (QED) is 0.304. The molecule has 0 radical (unpaired) electrons. The molecule has 2 saturated carbocycles. The van der Waals surface area contributed by atoms with Gasteiger partial charge in [-0.25, -0.2) is 4.39 Å². The average Bonchev–Trinajstić information content (AvgIpc) is 2.89. The van der Waals surface area contributed by atoms with E-state index in [0.717, 1.165) is 43.6 Å². The number of halogens is 3. The Morgan fingerprint density at radius 1 is 0.892 bits per heavy atom. The Labute approximate surface area is 221 Å². The molecule has 0 aromatic heterocycles. The van der Waals surface area contributed by atoms with Gasteiger partial charge in [-0.05, 0) is 118 Å². The predicted molar refractivity (Wildman–Crippen MR) is 145 cm³/mol. The van der Waals surface area contributed by atoms with Crippen LogP contribution in [0.25, 0.3) is 0 Å². The van der Waals surface area contributed by atoms with Crippen LogP contribution in [0, 0.1) is 17.7 Å².